The SMILES string of the molecule is COC(=O)C1CC(CCc2ccccc2)CN(C(=O)OC(C)(C)C)C1. The average molecular weight is 347 g/mol. The second-order valence-electron chi connectivity index (χ2n) is 7.73. The van der Waals surface area contributed by atoms with E-state index in [0.29, 0.717) is 13.1 Å². The van der Waals surface area contributed by atoms with Gasteiger partial charge in [0.15, 0.2) is 0 Å². The van der Waals surface area contributed by atoms with Gasteiger partial charge in [0, 0.05) is 13.1 Å². The number of methoxy groups -OCH3 is 1. The van der Waals surface area contributed by atoms with Gasteiger partial charge in [0.2, 0.25) is 0 Å². The fourth-order valence-electron chi connectivity index (χ4n) is 3.24. The first-order valence-electron chi connectivity index (χ1n) is 8.88. The lowest BCUT2D eigenvalue weighted by molar-refractivity contribution is -0.148. The molecule has 5 heteroatoms. The highest BCUT2D eigenvalue weighted by Crippen LogP contribution is 2.28. The number of carbonyl (C=O) groups is 2. The zero-order chi connectivity index (χ0) is 18.4. The van der Waals surface area contributed by atoms with Gasteiger partial charge in [0.1, 0.15) is 5.60 Å². The predicted octanol–water partition coefficient (Wildman–Crippen LogP) is 3.67. The molecule has 1 aliphatic rings. The number of hydrogen-bond donors (Lipinski definition) is 0. The third-order valence-corrected chi connectivity index (χ3v) is 4.41. The van der Waals surface area contributed by atoms with Crippen LogP contribution < -0.4 is 0 Å². The van der Waals surface area contributed by atoms with E-state index >= 15 is 0 Å². The van der Waals surface area contributed by atoms with Gasteiger partial charge in [-0.3, -0.25) is 4.79 Å². The minimum Gasteiger partial charge on any atom is -0.469 e. The van der Waals surface area contributed by atoms with E-state index < -0.39 is 5.60 Å². The highest BCUT2D eigenvalue weighted by molar-refractivity contribution is 5.75. The molecule has 1 aliphatic heterocycles. The molecule has 0 radical (unpaired) electrons. The van der Waals surface area contributed by atoms with Crippen LogP contribution in [0.4, 0.5) is 4.79 Å². The van der Waals surface area contributed by atoms with Crippen LogP contribution in [0.15, 0.2) is 30.3 Å². The number of amides is 1. The standard InChI is InChI=1S/C20H29NO4/c1-20(2,3)25-19(23)21-13-16(12-17(14-21)18(22)24-4)11-10-15-8-6-5-7-9-15/h5-9,16-17H,10-14H2,1-4H3. The Morgan fingerprint density at radius 2 is 1.84 bits per heavy atom. The summed E-state index contributed by atoms with van der Waals surface area (Å²) < 4.78 is 10.4. The van der Waals surface area contributed by atoms with E-state index in [0.717, 1.165) is 19.3 Å². The van der Waals surface area contributed by atoms with E-state index in [9.17, 15) is 9.59 Å². The van der Waals surface area contributed by atoms with E-state index in [1.165, 1.54) is 12.7 Å². The number of ether oxygens (including phenoxy) is 2. The van der Waals surface area contributed by atoms with E-state index in [4.69, 9.17) is 9.47 Å². The van der Waals surface area contributed by atoms with Crippen molar-refractivity contribution < 1.29 is 19.1 Å². The first kappa shape index (κ1) is 19.3. The monoisotopic (exact) mass is 347 g/mol. The summed E-state index contributed by atoms with van der Waals surface area (Å²) in [4.78, 5) is 26.1. The average Bonchev–Trinajstić information content (AvgIpc) is 2.58. The Bertz CT molecular complexity index is 579. The highest BCUT2D eigenvalue weighted by Gasteiger charge is 2.35. The first-order valence-corrected chi connectivity index (χ1v) is 8.88. The number of likely N-dealkylation sites (tertiary alicyclic amines) is 1. The summed E-state index contributed by atoms with van der Waals surface area (Å²) in [6.45, 7) is 6.53. The molecule has 0 aromatic heterocycles. The summed E-state index contributed by atoms with van der Waals surface area (Å²) in [6.07, 6.45) is 2.25. The van der Waals surface area contributed by atoms with Crippen molar-refractivity contribution in [3.63, 3.8) is 0 Å². The summed E-state index contributed by atoms with van der Waals surface area (Å²) in [7, 11) is 1.40. The van der Waals surface area contributed by atoms with Gasteiger partial charge in [-0.15, -0.1) is 0 Å². The minimum atomic E-state index is -0.547. The fraction of sp³-hybridized carbons (Fsp3) is 0.600. The lowest BCUT2D eigenvalue weighted by atomic mass is 9.85. The fourth-order valence-corrected chi connectivity index (χ4v) is 3.24. The van der Waals surface area contributed by atoms with Crippen LogP contribution in [0.25, 0.3) is 0 Å². The van der Waals surface area contributed by atoms with Crippen molar-refractivity contribution in [1.29, 1.82) is 0 Å². The number of benzene rings is 1. The maximum Gasteiger partial charge on any atom is 0.410 e. The quantitative estimate of drug-likeness (QED) is 0.780. The Kier molecular flexibility index (Phi) is 6.45. The van der Waals surface area contributed by atoms with Crippen LogP contribution in [0.3, 0.4) is 0 Å². The van der Waals surface area contributed by atoms with Gasteiger partial charge in [-0.05, 0) is 51.5 Å². The van der Waals surface area contributed by atoms with Gasteiger partial charge in [-0.1, -0.05) is 30.3 Å². The van der Waals surface area contributed by atoms with E-state index in [1.807, 2.05) is 39.0 Å². The molecule has 1 aromatic rings. The summed E-state index contributed by atoms with van der Waals surface area (Å²) in [5, 5.41) is 0. The van der Waals surface area contributed by atoms with Crippen LogP contribution in [0.5, 0.6) is 0 Å². The van der Waals surface area contributed by atoms with Crippen LogP contribution in [0.2, 0.25) is 0 Å². The molecule has 1 heterocycles. The summed E-state index contributed by atoms with van der Waals surface area (Å²) in [5.74, 6) is -0.282. The maximum absolute atomic E-state index is 12.4. The molecule has 5 nitrogen and oxygen atoms in total. The number of carbonyl (C=O) groups excluding carboxylic acids is 2. The zero-order valence-electron chi connectivity index (χ0n) is 15.7. The normalized spacial score (nSPS) is 20.9. The van der Waals surface area contributed by atoms with Crippen molar-refractivity contribution in [2.75, 3.05) is 20.2 Å². The van der Waals surface area contributed by atoms with Crippen molar-refractivity contribution >= 4 is 12.1 Å². The number of piperidine rings is 1. The molecular formula is C20H29NO4. The van der Waals surface area contributed by atoms with Crippen LogP contribution in [0, 0.1) is 11.8 Å². The van der Waals surface area contributed by atoms with Gasteiger partial charge < -0.3 is 14.4 Å². The van der Waals surface area contributed by atoms with Crippen LogP contribution >= 0.6 is 0 Å². The van der Waals surface area contributed by atoms with Crippen molar-refractivity contribution in [2.24, 2.45) is 11.8 Å². The van der Waals surface area contributed by atoms with E-state index in [2.05, 4.69) is 12.1 Å². The molecule has 138 valence electrons. The van der Waals surface area contributed by atoms with Crippen molar-refractivity contribution in [1.82, 2.24) is 4.90 Å². The Morgan fingerprint density at radius 3 is 2.44 bits per heavy atom. The van der Waals surface area contributed by atoms with Crippen molar-refractivity contribution in [3.05, 3.63) is 35.9 Å². The topological polar surface area (TPSA) is 55.8 Å². The maximum atomic E-state index is 12.4. The molecule has 1 amide bonds. The molecule has 0 aliphatic carbocycles. The molecule has 1 fully saturated rings. The molecule has 2 unspecified atom stereocenters. The largest absolute Gasteiger partial charge is 0.469 e. The molecule has 2 atom stereocenters. The van der Waals surface area contributed by atoms with Crippen LogP contribution in [-0.2, 0) is 20.7 Å². The Labute approximate surface area is 150 Å². The van der Waals surface area contributed by atoms with Gasteiger partial charge >= 0.3 is 12.1 Å². The number of nitrogens with zero attached hydrogens (tertiary/aromatic N) is 1. The summed E-state index contributed by atoms with van der Waals surface area (Å²) in [5.41, 5.74) is 0.723. The third kappa shape index (κ3) is 6.07. The molecular weight excluding hydrogens is 318 g/mol. The molecule has 0 N–H and O–H groups in total. The number of hydrogen-bond acceptors (Lipinski definition) is 4. The molecule has 2 rings (SSSR count). The molecule has 0 bridgehead atoms. The van der Waals surface area contributed by atoms with Crippen LogP contribution in [-0.4, -0.2) is 42.8 Å². The minimum absolute atomic E-state index is 0.252. The number of rotatable bonds is 4. The number of esters is 1. The van der Waals surface area contributed by atoms with Crippen LogP contribution in [0.1, 0.15) is 39.2 Å². The smallest absolute Gasteiger partial charge is 0.410 e. The highest BCUT2D eigenvalue weighted by atomic mass is 16.6. The van der Waals surface area contributed by atoms with Gasteiger partial charge in [0.05, 0.1) is 13.0 Å². The third-order valence-electron chi connectivity index (χ3n) is 4.41. The summed E-state index contributed by atoms with van der Waals surface area (Å²) in [6, 6.07) is 10.3. The second kappa shape index (κ2) is 8.37. The molecule has 1 aromatic carbocycles. The van der Waals surface area contributed by atoms with Crippen molar-refractivity contribution in [3.8, 4) is 0 Å². The lowest BCUT2D eigenvalue weighted by Crippen LogP contribution is -2.48. The zero-order valence-corrected chi connectivity index (χ0v) is 15.7. The Morgan fingerprint density at radius 1 is 1.16 bits per heavy atom. The lowest BCUT2D eigenvalue weighted by Gasteiger charge is -2.37. The van der Waals surface area contributed by atoms with E-state index in [1.54, 1.807) is 4.90 Å². The first-order chi connectivity index (χ1) is 11.8. The Hall–Kier alpha value is -2.04. The predicted molar refractivity (Wildman–Crippen MR) is 96.2 cm³/mol. The molecule has 0 saturated carbocycles. The number of aryl methyl sites for hydroxylation is 1. The van der Waals surface area contributed by atoms with Crippen molar-refractivity contribution in [2.45, 2.75) is 45.6 Å². The van der Waals surface area contributed by atoms with Gasteiger partial charge in [0.25, 0.3) is 0 Å². The summed E-state index contributed by atoms with van der Waals surface area (Å²) >= 11 is 0. The Balaban J connectivity index is 2.02. The molecule has 25 heavy (non-hydrogen) atoms. The van der Waals surface area contributed by atoms with Gasteiger partial charge in [-0.2, -0.15) is 0 Å². The van der Waals surface area contributed by atoms with E-state index in [-0.39, 0.29) is 23.9 Å². The molecule has 1 saturated heterocycles. The molecule has 0 spiro atoms. The van der Waals surface area contributed by atoms with Gasteiger partial charge in [-0.25, -0.2) is 4.79 Å². The second-order valence-corrected chi connectivity index (χ2v) is 7.73.